The number of hydrogen-bond donors (Lipinski definition) is 2. The van der Waals surface area contributed by atoms with Gasteiger partial charge < -0.3 is 14.8 Å². The lowest BCUT2D eigenvalue weighted by molar-refractivity contribution is 0.278. The molecule has 0 unspecified atom stereocenters. The van der Waals surface area contributed by atoms with Crippen molar-refractivity contribution in [2.45, 2.75) is 6.54 Å². The first-order valence-corrected chi connectivity index (χ1v) is 6.74. The van der Waals surface area contributed by atoms with Crippen LogP contribution in [0.4, 0.5) is 4.39 Å². The molecule has 4 nitrogen and oxygen atoms in total. The Balaban J connectivity index is 2.29. The van der Waals surface area contributed by atoms with E-state index in [-0.39, 0.29) is 29.5 Å². The predicted octanol–water partition coefficient (Wildman–Crippen LogP) is 3.19. The lowest BCUT2D eigenvalue weighted by Crippen LogP contribution is -2.05. The highest BCUT2D eigenvalue weighted by Gasteiger charge is 2.17. The minimum atomic E-state index is -0.619. The number of phenolic OH excluding ortho intramolecular Hbond substituents is 1. The Morgan fingerprint density at radius 1 is 1.24 bits per heavy atom. The highest BCUT2D eigenvalue weighted by Crippen LogP contribution is 2.33. The molecule has 2 aromatic carbocycles. The normalized spacial score (nSPS) is 11.2. The Morgan fingerprint density at radius 2 is 2.00 bits per heavy atom. The largest absolute Gasteiger partial charge is 0.506 e. The van der Waals surface area contributed by atoms with Crippen molar-refractivity contribution < 1.29 is 14.6 Å². The van der Waals surface area contributed by atoms with Crippen molar-refractivity contribution in [2.24, 2.45) is 0 Å². The molecule has 3 aromatic rings. The van der Waals surface area contributed by atoms with Gasteiger partial charge in [0.25, 0.3) is 0 Å². The maximum atomic E-state index is 14.1. The summed E-state index contributed by atoms with van der Waals surface area (Å²) in [6.07, 6.45) is 0. The van der Waals surface area contributed by atoms with Gasteiger partial charge in [-0.15, -0.1) is 0 Å². The molecule has 2 N–H and O–H groups in total. The minimum Gasteiger partial charge on any atom is -0.506 e. The topological polar surface area (TPSA) is 58.3 Å². The number of phenols is 1. The van der Waals surface area contributed by atoms with Crippen molar-refractivity contribution in [3.05, 3.63) is 47.2 Å². The summed E-state index contributed by atoms with van der Waals surface area (Å²) in [4.78, 5) is 4.40. The van der Waals surface area contributed by atoms with Gasteiger partial charge in [-0.3, -0.25) is 0 Å². The Hall–Kier alpha value is -2.11. The summed E-state index contributed by atoms with van der Waals surface area (Å²) >= 11 is 5.86. The van der Waals surface area contributed by atoms with Crippen LogP contribution in [0.15, 0.2) is 36.4 Å². The summed E-state index contributed by atoms with van der Waals surface area (Å²) < 4.78 is 15.9. The van der Waals surface area contributed by atoms with Crippen molar-refractivity contribution in [2.75, 3.05) is 6.61 Å². The maximum absolute atomic E-state index is 14.1. The summed E-state index contributed by atoms with van der Waals surface area (Å²) in [5.41, 5.74) is 1.68. The van der Waals surface area contributed by atoms with Crippen molar-refractivity contribution in [1.82, 2.24) is 9.55 Å². The number of aliphatic hydroxyl groups excluding tert-OH is 1. The van der Waals surface area contributed by atoms with Crippen LogP contribution in [0.25, 0.3) is 22.4 Å². The molecule has 0 saturated carbocycles. The molecule has 3 rings (SSSR count). The lowest BCUT2D eigenvalue weighted by Gasteiger charge is -2.09. The maximum Gasteiger partial charge on any atom is 0.144 e. The van der Waals surface area contributed by atoms with Crippen LogP contribution in [0.3, 0.4) is 0 Å². The van der Waals surface area contributed by atoms with Gasteiger partial charge in [-0.2, -0.15) is 0 Å². The van der Waals surface area contributed by atoms with Crippen LogP contribution in [0.1, 0.15) is 0 Å². The van der Waals surface area contributed by atoms with Crippen molar-refractivity contribution in [1.29, 1.82) is 0 Å². The van der Waals surface area contributed by atoms with Crippen LogP contribution in [0.2, 0.25) is 5.02 Å². The lowest BCUT2D eigenvalue weighted by atomic mass is 10.2. The highest BCUT2D eigenvalue weighted by molar-refractivity contribution is 6.32. The number of aliphatic hydroxyl groups is 1. The summed E-state index contributed by atoms with van der Waals surface area (Å²) in [5.74, 6) is -0.571. The molecule has 1 heterocycles. The van der Waals surface area contributed by atoms with Crippen molar-refractivity contribution in [3.63, 3.8) is 0 Å². The van der Waals surface area contributed by atoms with Gasteiger partial charge in [0.05, 0.1) is 28.2 Å². The monoisotopic (exact) mass is 306 g/mol. The highest BCUT2D eigenvalue weighted by atomic mass is 35.5. The summed E-state index contributed by atoms with van der Waals surface area (Å²) in [6.45, 7) is 0.189. The van der Waals surface area contributed by atoms with E-state index in [1.54, 1.807) is 4.57 Å². The third-order valence-corrected chi connectivity index (χ3v) is 3.56. The molecule has 0 bridgehead atoms. The molecular formula is C15H12ClFN2O2. The van der Waals surface area contributed by atoms with Gasteiger partial charge in [-0.25, -0.2) is 9.37 Å². The molecule has 1 aromatic heterocycles. The number of para-hydroxylation sites is 2. The zero-order valence-electron chi connectivity index (χ0n) is 10.9. The summed E-state index contributed by atoms with van der Waals surface area (Å²) in [6, 6.07) is 9.64. The first-order valence-electron chi connectivity index (χ1n) is 6.36. The number of hydrogen-bond acceptors (Lipinski definition) is 3. The molecule has 0 spiro atoms. The predicted molar refractivity (Wildman–Crippen MR) is 78.9 cm³/mol. The van der Waals surface area contributed by atoms with Crippen LogP contribution in [-0.4, -0.2) is 26.4 Å². The third kappa shape index (κ3) is 2.34. The third-order valence-electron chi connectivity index (χ3n) is 3.26. The first kappa shape index (κ1) is 13.9. The van der Waals surface area contributed by atoms with Gasteiger partial charge >= 0.3 is 0 Å². The average molecular weight is 307 g/mol. The van der Waals surface area contributed by atoms with Gasteiger partial charge in [-0.05, 0) is 18.2 Å². The SMILES string of the molecule is OCCn1c(-c2cc(Cl)c(O)cc2F)nc2ccccc21. The summed E-state index contributed by atoms with van der Waals surface area (Å²) in [7, 11) is 0. The van der Waals surface area contributed by atoms with E-state index in [0.717, 1.165) is 11.6 Å². The van der Waals surface area contributed by atoms with E-state index in [0.29, 0.717) is 11.3 Å². The standard InChI is InChI=1S/C15H12ClFN2O2/c16-10-7-9(11(17)8-14(10)21)15-18-12-3-1-2-4-13(12)19(15)5-6-20/h1-4,7-8,20-21H,5-6H2. The second kappa shape index (κ2) is 5.35. The molecule has 0 saturated heterocycles. The number of rotatable bonds is 3. The Morgan fingerprint density at radius 3 is 2.76 bits per heavy atom. The number of aromatic hydroxyl groups is 1. The molecule has 6 heteroatoms. The second-order valence-corrected chi connectivity index (χ2v) is 4.99. The Bertz CT molecular complexity index is 817. The molecule has 0 aliphatic carbocycles. The number of imidazole rings is 1. The molecule has 21 heavy (non-hydrogen) atoms. The molecule has 108 valence electrons. The zero-order valence-corrected chi connectivity index (χ0v) is 11.7. The average Bonchev–Trinajstić information content (AvgIpc) is 2.82. The van der Waals surface area contributed by atoms with E-state index in [4.69, 9.17) is 11.6 Å². The fourth-order valence-corrected chi connectivity index (χ4v) is 2.48. The molecule has 0 atom stereocenters. The number of halogens is 2. The number of fused-ring (bicyclic) bond motifs is 1. The number of nitrogens with zero attached hydrogens (tertiary/aromatic N) is 2. The van der Waals surface area contributed by atoms with Crippen LogP contribution >= 0.6 is 11.6 Å². The molecule has 0 amide bonds. The van der Waals surface area contributed by atoms with E-state index < -0.39 is 5.82 Å². The minimum absolute atomic E-state index is 0.0500. The first-order chi connectivity index (χ1) is 10.1. The molecule has 0 fully saturated rings. The molecule has 0 radical (unpaired) electrons. The van der Waals surface area contributed by atoms with Crippen molar-refractivity contribution in [3.8, 4) is 17.1 Å². The number of aromatic nitrogens is 2. The van der Waals surface area contributed by atoms with Crippen LogP contribution in [-0.2, 0) is 6.54 Å². The van der Waals surface area contributed by atoms with E-state index in [2.05, 4.69) is 4.98 Å². The van der Waals surface area contributed by atoms with Gasteiger partial charge in [-0.1, -0.05) is 23.7 Å². The van der Waals surface area contributed by atoms with Crippen LogP contribution < -0.4 is 0 Å². The molecule has 0 aliphatic rings. The van der Waals surface area contributed by atoms with E-state index in [9.17, 15) is 14.6 Å². The molecular weight excluding hydrogens is 295 g/mol. The molecule has 0 aliphatic heterocycles. The quantitative estimate of drug-likeness (QED) is 0.781. The van der Waals surface area contributed by atoms with Gasteiger partial charge in [0.1, 0.15) is 17.4 Å². The van der Waals surface area contributed by atoms with Gasteiger partial charge in [0.15, 0.2) is 0 Å². The smallest absolute Gasteiger partial charge is 0.144 e. The zero-order chi connectivity index (χ0) is 15.0. The van der Waals surface area contributed by atoms with Crippen LogP contribution in [0, 0.1) is 5.82 Å². The second-order valence-electron chi connectivity index (χ2n) is 4.58. The van der Waals surface area contributed by atoms with Gasteiger partial charge in [0, 0.05) is 12.6 Å². The van der Waals surface area contributed by atoms with E-state index in [1.165, 1.54) is 6.07 Å². The fourth-order valence-electron chi connectivity index (χ4n) is 2.32. The Labute approximate surface area is 125 Å². The summed E-state index contributed by atoms with van der Waals surface area (Å²) in [5, 5.41) is 18.7. The van der Waals surface area contributed by atoms with Gasteiger partial charge in [0.2, 0.25) is 0 Å². The Kier molecular flexibility index (Phi) is 3.53. The van der Waals surface area contributed by atoms with Crippen molar-refractivity contribution >= 4 is 22.6 Å². The van der Waals surface area contributed by atoms with E-state index >= 15 is 0 Å². The number of benzene rings is 2. The fraction of sp³-hybridized carbons (Fsp3) is 0.133. The van der Waals surface area contributed by atoms with Crippen LogP contribution in [0.5, 0.6) is 5.75 Å². The van der Waals surface area contributed by atoms with E-state index in [1.807, 2.05) is 24.3 Å².